The molecule has 2 aliphatic rings. The second-order valence-electron chi connectivity index (χ2n) is 8.37. The third kappa shape index (κ3) is 4.40. The molecule has 3 nitrogen and oxygen atoms in total. The second-order valence-corrected chi connectivity index (χ2v) is 10.9. The lowest BCUT2D eigenvalue weighted by Crippen LogP contribution is -2.29. The van der Waals surface area contributed by atoms with Crippen molar-refractivity contribution >= 4 is 68.0 Å². The smallest absolute Gasteiger partial charge is 0.175 e. The summed E-state index contributed by atoms with van der Waals surface area (Å²) in [6.07, 6.45) is 5.31. The van der Waals surface area contributed by atoms with Crippen molar-refractivity contribution in [2.75, 3.05) is 12.4 Å². The van der Waals surface area contributed by atoms with E-state index in [9.17, 15) is 0 Å². The number of halogens is 5. The Bertz CT molecular complexity index is 1280. The van der Waals surface area contributed by atoms with Crippen LogP contribution in [0.3, 0.4) is 0 Å². The van der Waals surface area contributed by atoms with Gasteiger partial charge in [-0.3, -0.25) is 0 Å². The van der Waals surface area contributed by atoms with Gasteiger partial charge < -0.3 is 14.8 Å². The minimum Gasteiger partial charge on any atom is -0.493 e. The van der Waals surface area contributed by atoms with E-state index in [0.717, 1.165) is 33.3 Å². The highest BCUT2D eigenvalue weighted by Crippen LogP contribution is 2.55. The van der Waals surface area contributed by atoms with E-state index in [0.29, 0.717) is 38.2 Å². The summed E-state index contributed by atoms with van der Waals surface area (Å²) in [4.78, 5) is 0. The maximum Gasteiger partial charge on any atom is 0.175 e. The number of anilines is 1. The van der Waals surface area contributed by atoms with Crippen molar-refractivity contribution in [3.63, 3.8) is 0 Å². The first-order valence-electron chi connectivity index (χ1n) is 10.7. The number of fused-ring (bicyclic) bond motifs is 3. The molecule has 1 aliphatic carbocycles. The Balaban J connectivity index is 1.49. The van der Waals surface area contributed by atoms with E-state index in [1.807, 2.05) is 30.3 Å². The van der Waals surface area contributed by atoms with Gasteiger partial charge in [-0.1, -0.05) is 70.7 Å². The van der Waals surface area contributed by atoms with Gasteiger partial charge in [-0.15, -0.1) is 0 Å². The zero-order chi connectivity index (χ0) is 24.0. The number of methoxy groups -OCH3 is 1. The van der Waals surface area contributed by atoms with Crippen molar-refractivity contribution in [2.45, 2.75) is 25.0 Å². The van der Waals surface area contributed by atoms with Gasteiger partial charge in [-0.2, -0.15) is 0 Å². The van der Waals surface area contributed by atoms with E-state index in [1.54, 1.807) is 13.2 Å². The molecule has 0 saturated heterocycles. The molecule has 0 unspecified atom stereocenters. The molecule has 8 heteroatoms. The Morgan fingerprint density at radius 3 is 2.53 bits per heavy atom. The number of hydrogen-bond donors (Lipinski definition) is 1. The van der Waals surface area contributed by atoms with Crippen LogP contribution in [0.5, 0.6) is 11.5 Å². The topological polar surface area (TPSA) is 30.5 Å². The average molecular weight is 600 g/mol. The van der Waals surface area contributed by atoms with E-state index in [2.05, 4.69) is 39.5 Å². The Hall–Kier alpha value is -1.56. The Morgan fingerprint density at radius 1 is 1.03 bits per heavy atom. The van der Waals surface area contributed by atoms with E-state index < -0.39 is 0 Å². The Morgan fingerprint density at radius 2 is 1.79 bits per heavy atom. The standard InChI is InChI=1S/C26H20BrCl4NO2/c1-33-21-10-14(9-18(27)26(21)34-12-13-5-7-15(28)8-6-13)24-17-4-2-3-16(17)22-23(31)19(29)11-20(30)25(22)32-24/h2-3,5-11,16-17,24,32H,4,12H2,1H3/t16-,17-,24+/m1/s1. The predicted molar refractivity (Wildman–Crippen MR) is 144 cm³/mol. The van der Waals surface area contributed by atoms with Crippen molar-refractivity contribution in [1.82, 2.24) is 0 Å². The van der Waals surface area contributed by atoms with Gasteiger partial charge in [0.05, 0.1) is 38.4 Å². The van der Waals surface area contributed by atoms with Gasteiger partial charge in [0.2, 0.25) is 0 Å². The molecule has 5 rings (SSSR count). The monoisotopic (exact) mass is 597 g/mol. The summed E-state index contributed by atoms with van der Waals surface area (Å²) in [5, 5.41) is 5.91. The molecule has 1 N–H and O–H groups in total. The van der Waals surface area contributed by atoms with Gasteiger partial charge in [0.25, 0.3) is 0 Å². The molecule has 3 aromatic carbocycles. The van der Waals surface area contributed by atoms with Crippen molar-refractivity contribution < 1.29 is 9.47 Å². The number of allylic oxidation sites excluding steroid dienone is 2. The number of rotatable bonds is 5. The maximum atomic E-state index is 6.62. The quantitative estimate of drug-likeness (QED) is 0.234. The van der Waals surface area contributed by atoms with Gasteiger partial charge in [0.1, 0.15) is 6.61 Å². The van der Waals surface area contributed by atoms with Crippen molar-refractivity contribution in [3.8, 4) is 11.5 Å². The number of nitrogens with one attached hydrogen (secondary N) is 1. The van der Waals surface area contributed by atoms with Gasteiger partial charge in [-0.05, 0) is 69.7 Å². The zero-order valence-corrected chi connectivity index (χ0v) is 22.7. The first-order chi connectivity index (χ1) is 16.4. The first kappa shape index (κ1) is 24.1. The predicted octanol–water partition coefficient (Wildman–Crippen LogP) is 9.48. The molecule has 1 aliphatic heterocycles. The molecule has 0 amide bonds. The molecule has 34 heavy (non-hydrogen) atoms. The van der Waals surface area contributed by atoms with Gasteiger partial charge in [0, 0.05) is 16.5 Å². The summed E-state index contributed by atoms with van der Waals surface area (Å²) in [5.41, 5.74) is 3.86. The summed E-state index contributed by atoms with van der Waals surface area (Å²) >= 11 is 29.2. The fourth-order valence-corrected chi connectivity index (χ4v) is 6.29. The first-order valence-corrected chi connectivity index (χ1v) is 13.0. The lowest BCUT2D eigenvalue weighted by Gasteiger charge is -2.38. The highest BCUT2D eigenvalue weighted by molar-refractivity contribution is 9.10. The van der Waals surface area contributed by atoms with Crippen LogP contribution in [0.1, 0.15) is 35.1 Å². The van der Waals surface area contributed by atoms with Crippen LogP contribution in [0, 0.1) is 5.92 Å². The highest BCUT2D eigenvalue weighted by Gasteiger charge is 2.41. The lowest BCUT2D eigenvalue weighted by molar-refractivity contribution is 0.282. The van der Waals surface area contributed by atoms with Gasteiger partial charge in [-0.25, -0.2) is 0 Å². The van der Waals surface area contributed by atoms with Crippen molar-refractivity contribution in [1.29, 1.82) is 0 Å². The molecule has 0 spiro atoms. The molecular formula is C26H20BrCl4NO2. The summed E-state index contributed by atoms with van der Waals surface area (Å²) in [5.74, 6) is 1.67. The van der Waals surface area contributed by atoms with Crippen LogP contribution in [0.2, 0.25) is 20.1 Å². The summed E-state index contributed by atoms with van der Waals surface area (Å²) in [7, 11) is 1.64. The third-order valence-electron chi connectivity index (χ3n) is 6.39. The van der Waals surface area contributed by atoms with Crippen LogP contribution in [0.4, 0.5) is 5.69 Å². The molecule has 1 heterocycles. The van der Waals surface area contributed by atoms with Crippen LogP contribution in [0.15, 0.2) is 59.1 Å². The van der Waals surface area contributed by atoms with Gasteiger partial charge >= 0.3 is 0 Å². The summed E-state index contributed by atoms with van der Waals surface area (Å²) in [6, 6.07) is 13.4. The summed E-state index contributed by atoms with van der Waals surface area (Å²) < 4.78 is 12.6. The maximum absolute atomic E-state index is 6.62. The van der Waals surface area contributed by atoms with Crippen LogP contribution in [-0.4, -0.2) is 7.11 Å². The molecule has 3 aromatic rings. The number of hydrogen-bond acceptors (Lipinski definition) is 3. The lowest BCUT2D eigenvalue weighted by atomic mass is 9.77. The van der Waals surface area contributed by atoms with Gasteiger partial charge in [0.15, 0.2) is 11.5 Å². The minimum absolute atomic E-state index is 0.00208. The Kier molecular flexibility index (Phi) is 6.98. The largest absolute Gasteiger partial charge is 0.493 e. The zero-order valence-electron chi connectivity index (χ0n) is 18.0. The minimum atomic E-state index is -0.00208. The normalized spacial score (nSPS) is 20.5. The van der Waals surface area contributed by atoms with Crippen molar-refractivity contribution in [3.05, 3.63) is 95.9 Å². The SMILES string of the molecule is COc1cc([C@@H]2Nc3c(Cl)cc(Cl)c(Cl)c3[C@@H]3C=CC[C@H]32)cc(Br)c1OCc1ccc(Cl)cc1. The van der Waals surface area contributed by atoms with E-state index in [4.69, 9.17) is 55.9 Å². The fraction of sp³-hybridized carbons (Fsp3) is 0.231. The molecule has 176 valence electrons. The second kappa shape index (κ2) is 9.83. The fourth-order valence-electron chi connectivity index (χ4n) is 4.79. The molecule has 0 bridgehead atoms. The van der Waals surface area contributed by atoms with Crippen LogP contribution >= 0.6 is 62.3 Å². The van der Waals surface area contributed by atoms with E-state index in [1.165, 1.54) is 0 Å². The number of benzene rings is 3. The molecule has 0 aromatic heterocycles. The molecular weight excluding hydrogens is 580 g/mol. The van der Waals surface area contributed by atoms with Crippen LogP contribution in [-0.2, 0) is 6.61 Å². The summed E-state index contributed by atoms with van der Waals surface area (Å²) in [6.45, 7) is 0.393. The molecule has 0 radical (unpaired) electrons. The highest BCUT2D eigenvalue weighted by atomic mass is 79.9. The molecule has 0 saturated carbocycles. The average Bonchev–Trinajstić information content (AvgIpc) is 3.31. The van der Waals surface area contributed by atoms with E-state index >= 15 is 0 Å². The molecule has 3 atom stereocenters. The number of ether oxygens (including phenoxy) is 2. The molecule has 0 fully saturated rings. The van der Waals surface area contributed by atoms with Crippen LogP contribution < -0.4 is 14.8 Å². The van der Waals surface area contributed by atoms with Crippen LogP contribution in [0.25, 0.3) is 0 Å². The Labute approximate surface area is 227 Å². The van der Waals surface area contributed by atoms with Crippen molar-refractivity contribution in [2.24, 2.45) is 5.92 Å². The van der Waals surface area contributed by atoms with E-state index in [-0.39, 0.29) is 17.9 Å². The third-order valence-corrected chi connectivity index (χ3v) is 8.33.